The highest BCUT2D eigenvalue weighted by Crippen LogP contribution is 2.10. The minimum Gasteiger partial charge on any atom is -0.269 e. The van der Waals surface area contributed by atoms with E-state index in [4.69, 9.17) is 4.84 Å². The van der Waals surface area contributed by atoms with Gasteiger partial charge in [0.25, 0.3) is 5.91 Å². The number of carbonyl (C=O) groups is 1. The second-order valence-electron chi connectivity index (χ2n) is 4.23. The predicted octanol–water partition coefficient (Wildman–Crippen LogP) is 1.82. The maximum atomic E-state index is 11.9. The Morgan fingerprint density at radius 2 is 1.90 bits per heavy atom. The summed E-state index contributed by atoms with van der Waals surface area (Å²) in [5.74, 6) is -0.314. The van der Waals surface area contributed by atoms with Gasteiger partial charge in [-0.15, -0.1) is 0 Å². The lowest BCUT2D eigenvalue weighted by atomic mass is 10.2. The van der Waals surface area contributed by atoms with Crippen LogP contribution in [0.25, 0.3) is 11.0 Å². The summed E-state index contributed by atoms with van der Waals surface area (Å²) in [6.45, 7) is 0.318. The number of hydrogen-bond acceptors (Lipinski definition) is 4. The Balaban J connectivity index is 1.61. The van der Waals surface area contributed by atoms with E-state index in [0.717, 1.165) is 5.56 Å². The van der Waals surface area contributed by atoms with Crippen LogP contribution in [0, 0.1) is 0 Å². The molecule has 0 spiro atoms. The first kappa shape index (κ1) is 12.3. The fourth-order valence-corrected chi connectivity index (χ4v) is 1.80. The van der Waals surface area contributed by atoms with E-state index in [-0.39, 0.29) is 5.91 Å². The summed E-state index contributed by atoms with van der Waals surface area (Å²) in [5, 5.41) is 10.4. The van der Waals surface area contributed by atoms with E-state index in [1.54, 1.807) is 18.2 Å². The highest BCUT2D eigenvalue weighted by Gasteiger charge is 2.08. The van der Waals surface area contributed by atoms with Crippen LogP contribution in [0.4, 0.5) is 0 Å². The molecular formula is C14H12N4O2. The zero-order chi connectivity index (χ0) is 13.8. The molecule has 0 saturated heterocycles. The van der Waals surface area contributed by atoms with Crippen LogP contribution in [-0.4, -0.2) is 21.3 Å². The van der Waals surface area contributed by atoms with Gasteiger partial charge < -0.3 is 0 Å². The van der Waals surface area contributed by atoms with Crippen LogP contribution in [-0.2, 0) is 11.4 Å². The standard InChI is InChI=1S/C14H12N4O2/c19-14(17-20-9-10-4-2-1-3-5-10)11-6-7-12-13(8-11)16-18-15-12/h1-8H,9H2,(H,17,19)(H,15,16,18). The normalized spacial score (nSPS) is 10.6. The van der Waals surface area contributed by atoms with Gasteiger partial charge >= 0.3 is 0 Å². The number of carbonyl (C=O) groups excluding carboxylic acids is 1. The Labute approximate surface area is 114 Å². The molecule has 0 saturated carbocycles. The molecule has 2 aromatic carbocycles. The third-order valence-corrected chi connectivity index (χ3v) is 2.83. The topological polar surface area (TPSA) is 79.9 Å². The first-order chi connectivity index (χ1) is 9.83. The highest BCUT2D eigenvalue weighted by atomic mass is 16.6. The number of nitrogens with zero attached hydrogens (tertiary/aromatic N) is 2. The van der Waals surface area contributed by atoms with Gasteiger partial charge in [0, 0.05) is 5.56 Å². The van der Waals surface area contributed by atoms with E-state index in [1.807, 2.05) is 30.3 Å². The third-order valence-electron chi connectivity index (χ3n) is 2.83. The smallest absolute Gasteiger partial charge is 0.269 e. The van der Waals surface area contributed by atoms with Gasteiger partial charge in [-0.25, -0.2) is 5.48 Å². The number of benzene rings is 2. The average Bonchev–Trinajstić information content (AvgIpc) is 2.95. The largest absolute Gasteiger partial charge is 0.274 e. The zero-order valence-corrected chi connectivity index (χ0v) is 10.5. The van der Waals surface area contributed by atoms with Gasteiger partial charge in [0.2, 0.25) is 0 Å². The van der Waals surface area contributed by atoms with Crippen LogP contribution in [0.3, 0.4) is 0 Å². The maximum absolute atomic E-state index is 11.9. The van der Waals surface area contributed by atoms with Crippen LogP contribution in [0.5, 0.6) is 0 Å². The lowest BCUT2D eigenvalue weighted by Gasteiger charge is -2.05. The second-order valence-corrected chi connectivity index (χ2v) is 4.23. The lowest BCUT2D eigenvalue weighted by Crippen LogP contribution is -2.23. The van der Waals surface area contributed by atoms with Crippen molar-refractivity contribution in [1.82, 2.24) is 20.9 Å². The predicted molar refractivity (Wildman–Crippen MR) is 72.6 cm³/mol. The summed E-state index contributed by atoms with van der Waals surface area (Å²) in [4.78, 5) is 17.1. The number of hydrogen-bond donors (Lipinski definition) is 2. The number of rotatable bonds is 4. The molecule has 0 bridgehead atoms. The number of aromatic nitrogens is 3. The first-order valence-electron chi connectivity index (χ1n) is 6.09. The van der Waals surface area contributed by atoms with Crippen LogP contribution >= 0.6 is 0 Å². The molecule has 3 rings (SSSR count). The number of amides is 1. The fraction of sp³-hybridized carbons (Fsp3) is 0.0714. The molecule has 1 heterocycles. The molecule has 0 aliphatic carbocycles. The molecule has 0 radical (unpaired) electrons. The van der Waals surface area contributed by atoms with Crippen molar-refractivity contribution >= 4 is 16.9 Å². The maximum Gasteiger partial charge on any atom is 0.274 e. The van der Waals surface area contributed by atoms with Crippen molar-refractivity contribution in [2.45, 2.75) is 6.61 Å². The van der Waals surface area contributed by atoms with Crippen molar-refractivity contribution in [3.63, 3.8) is 0 Å². The van der Waals surface area contributed by atoms with Gasteiger partial charge in [0.05, 0.1) is 6.61 Å². The number of H-pyrrole nitrogens is 1. The molecule has 6 heteroatoms. The van der Waals surface area contributed by atoms with Gasteiger partial charge in [-0.3, -0.25) is 9.63 Å². The van der Waals surface area contributed by atoms with Crippen molar-refractivity contribution in [1.29, 1.82) is 0 Å². The molecule has 6 nitrogen and oxygen atoms in total. The van der Waals surface area contributed by atoms with Crippen molar-refractivity contribution in [3.05, 3.63) is 59.7 Å². The molecule has 0 aliphatic rings. The van der Waals surface area contributed by atoms with E-state index in [9.17, 15) is 4.79 Å². The van der Waals surface area contributed by atoms with Crippen molar-refractivity contribution in [2.75, 3.05) is 0 Å². The first-order valence-corrected chi connectivity index (χ1v) is 6.09. The van der Waals surface area contributed by atoms with Gasteiger partial charge in [0.15, 0.2) is 0 Å². The molecule has 20 heavy (non-hydrogen) atoms. The van der Waals surface area contributed by atoms with E-state index in [2.05, 4.69) is 20.9 Å². The van der Waals surface area contributed by atoms with E-state index in [0.29, 0.717) is 23.2 Å². The quantitative estimate of drug-likeness (QED) is 0.707. The van der Waals surface area contributed by atoms with Crippen molar-refractivity contribution < 1.29 is 9.63 Å². The number of hydroxylamine groups is 1. The molecule has 0 unspecified atom stereocenters. The van der Waals surface area contributed by atoms with Crippen LogP contribution in [0.15, 0.2) is 48.5 Å². The minimum absolute atomic E-state index is 0.314. The van der Waals surface area contributed by atoms with Crippen LogP contribution in [0.1, 0.15) is 15.9 Å². The monoisotopic (exact) mass is 268 g/mol. The Hall–Kier alpha value is -2.73. The van der Waals surface area contributed by atoms with E-state index < -0.39 is 0 Å². The molecule has 1 aromatic heterocycles. The van der Waals surface area contributed by atoms with Crippen molar-refractivity contribution in [2.24, 2.45) is 0 Å². The van der Waals surface area contributed by atoms with Crippen LogP contribution < -0.4 is 5.48 Å². The molecular weight excluding hydrogens is 256 g/mol. The summed E-state index contributed by atoms with van der Waals surface area (Å²) in [7, 11) is 0. The minimum atomic E-state index is -0.314. The average molecular weight is 268 g/mol. The summed E-state index contributed by atoms with van der Waals surface area (Å²) in [5.41, 5.74) is 5.22. The summed E-state index contributed by atoms with van der Waals surface area (Å²) in [6.07, 6.45) is 0. The molecule has 0 fully saturated rings. The van der Waals surface area contributed by atoms with Gasteiger partial charge in [-0.1, -0.05) is 30.3 Å². The second kappa shape index (κ2) is 5.50. The Morgan fingerprint density at radius 1 is 1.10 bits per heavy atom. The number of aromatic amines is 1. The van der Waals surface area contributed by atoms with Gasteiger partial charge in [-0.05, 0) is 23.8 Å². The SMILES string of the molecule is O=C(NOCc1ccccc1)c1ccc2n[nH]nc2c1. The third kappa shape index (κ3) is 2.65. The molecule has 1 amide bonds. The molecule has 0 aliphatic heterocycles. The van der Waals surface area contributed by atoms with Gasteiger partial charge in [-0.2, -0.15) is 15.4 Å². The summed E-state index contributed by atoms with van der Waals surface area (Å²) in [6, 6.07) is 14.7. The molecule has 2 N–H and O–H groups in total. The molecule has 100 valence electrons. The van der Waals surface area contributed by atoms with Crippen molar-refractivity contribution in [3.8, 4) is 0 Å². The van der Waals surface area contributed by atoms with E-state index >= 15 is 0 Å². The Bertz CT molecular complexity index is 724. The molecule has 0 atom stereocenters. The zero-order valence-electron chi connectivity index (χ0n) is 10.5. The number of nitrogens with one attached hydrogen (secondary N) is 2. The number of fused-ring (bicyclic) bond motifs is 1. The Morgan fingerprint density at radius 3 is 2.75 bits per heavy atom. The summed E-state index contributed by atoms with van der Waals surface area (Å²) < 4.78 is 0. The molecule has 3 aromatic rings. The Kier molecular flexibility index (Phi) is 3.38. The lowest BCUT2D eigenvalue weighted by molar-refractivity contribution is 0.0233. The highest BCUT2D eigenvalue weighted by molar-refractivity contribution is 5.96. The van der Waals surface area contributed by atoms with Gasteiger partial charge in [0.1, 0.15) is 11.0 Å². The fourth-order valence-electron chi connectivity index (χ4n) is 1.80. The van der Waals surface area contributed by atoms with Crippen LogP contribution in [0.2, 0.25) is 0 Å². The van der Waals surface area contributed by atoms with E-state index in [1.165, 1.54) is 0 Å². The summed E-state index contributed by atoms with van der Waals surface area (Å²) >= 11 is 0.